The smallest absolute Gasteiger partial charge is 0.235 e. The van der Waals surface area contributed by atoms with E-state index in [2.05, 4.69) is 26.2 Å². The quantitative estimate of drug-likeness (QED) is 0.696. The molecule has 0 unspecified atom stereocenters. The standard InChI is InChI=1S/C15H10BrClN2O2/c16-8-14(20)18-11-4-1-9(2-5-11)15-19-12-7-10(17)3-6-13(12)21-15/h1-7H,8H2,(H,18,20). The summed E-state index contributed by atoms with van der Waals surface area (Å²) in [4.78, 5) is 15.7. The van der Waals surface area contributed by atoms with Crippen molar-refractivity contribution in [1.82, 2.24) is 4.98 Å². The van der Waals surface area contributed by atoms with Crippen LogP contribution in [0.5, 0.6) is 0 Å². The van der Waals surface area contributed by atoms with Crippen molar-refractivity contribution < 1.29 is 9.21 Å². The lowest BCUT2D eigenvalue weighted by atomic mass is 10.2. The first kappa shape index (κ1) is 14.1. The molecule has 3 aromatic rings. The third-order valence-electron chi connectivity index (χ3n) is 2.89. The van der Waals surface area contributed by atoms with Crippen molar-refractivity contribution >= 4 is 50.2 Å². The van der Waals surface area contributed by atoms with Gasteiger partial charge < -0.3 is 9.73 Å². The number of benzene rings is 2. The molecule has 0 saturated carbocycles. The minimum Gasteiger partial charge on any atom is -0.436 e. The van der Waals surface area contributed by atoms with Gasteiger partial charge in [-0.1, -0.05) is 27.5 Å². The summed E-state index contributed by atoms with van der Waals surface area (Å²) in [5.41, 5.74) is 2.96. The fourth-order valence-electron chi connectivity index (χ4n) is 1.91. The lowest BCUT2D eigenvalue weighted by molar-refractivity contribution is -0.113. The SMILES string of the molecule is O=C(CBr)Nc1ccc(-c2nc3cc(Cl)ccc3o2)cc1. The zero-order valence-electron chi connectivity index (χ0n) is 10.8. The van der Waals surface area contributed by atoms with Gasteiger partial charge in [0.25, 0.3) is 0 Å². The second-order valence-electron chi connectivity index (χ2n) is 4.39. The largest absolute Gasteiger partial charge is 0.436 e. The van der Waals surface area contributed by atoms with Crippen LogP contribution >= 0.6 is 27.5 Å². The van der Waals surface area contributed by atoms with Gasteiger partial charge in [0.2, 0.25) is 11.8 Å². The molecule has 1 aromatic heterocycles. The normalized spacial score (nSPS) is 10.8. The third-order valence-corrected chi connectivity index (χ3v) is 3.63. The van der Waals surface area contributed by atoms with Crippen LogP contribution in [0.4, 0.5) is 5.69 Å². The first-order chi connectivity index (χ1) is 10.2. The highest BCUT2D eigenvalue weighted by molar-refractivity contribution is 9.09. The molecular weight excluding hydrogens is 356 g/mol. The molecule has 1 heterocycles. The number of hydrogen-bond donors (Lipinski definition) is 1. The second kappa shape index (κ2) is 5.87. The van der Waals surface area contributed by atoms with Gasteiger partial charge in [0.05, 0.1) is 5.33 Å². The average molecular weight is 366 g/mol. The Morgan fingerprint density at radius 2 is 2.00 bits per heavy atom. The number of alkyl halides is 1. The van der Waals surface area contributed by atoms with E-state index in [-0.39, 0.29) is 11.2 Å². The summed E-state index contributed by atoms with van der Waals surface area (Å²) in [5, 5.41) is 3.64. The molecule has 1 N–H and O–H groups in total. The molecule has 0 aliphatic heterocycles. The highest BCUT2D eigenvalue weighted by Crippen LogP contribution is 2.27. The maximum Gasteiger partial charge on any atom is 0.235 e. The Kier molecular flexibility index (Phi) is 3.94. The van der Waals surface area contributed by atoms with Crippen LogP contribution < -0.4 is 5.32 Å². The number of hydrogen-bond acceptors (Lipinski definition) is 3. The molecule has 3 rings (SSSR count). The van der Waals surface area contributed by atoms with Crippen molar-refractivity contribution in [2.24, 2.45) is 0 Å². The van der Waals surface area contributed by atoms with E-state index in [4.69, 9.17) is 16.0 Å². The number of nitrogens with zero attached hydrogens (tertiary/aromatic N) is 1. The summed E-state index contributed by atoms with van der Waals surface area (Å²) in [7, 11) is 0. The maximum atomic E-state index is 11.3. The highest BCUT2D eigenvalue weighted by Gasteiger charge is 2.09. The van der Waals surface area contributed by atoms with Crippen molar-refractivity contribution in [3.05, 3.63) is 47.5 Å². The molecule has 0 saturated heterocycles. The molecule has 0 atom stereocenters. The third kappa shape index (κ3) is 3.09. The lowest BCUT2D eigenvalue weighted by Crippen LogP contribution is -2.11. The summed E-state index contributed by atoms with van der Waals surface area (Å²) in [6, 6.07) is 12.6. The minimum atomic E-state index is -0.0979. The molecule has 0 aliphatic rings. The van der Waals surface area contributed by atoms with Crippen molar-refractivity contribution in [3.63, 3.8) is 0 Å². The lowest BCUT2D eigenvalue weighted by Gasteiger charge is -2.03. The Balaban J connectivity index is 1.90. The molecular formula is C15H10BrClN2O2. The van der Waals surface area contributed by atoms with Gasteiger partial charge in [0.15, 0.2) is 5.58 Å². The van der Waals surface area contributed by atoms with E-state index >= 15 is 0 Å². The second-order valence-corrected chi connectivity index (χ2v) is 5.39. The van der Waals surface area contributed by atoms with Crippen LogP contribution in [0.3, 0.4) is 0 Å². The van der Waals surface area contributed by atoms with E-state index < -0.39 is 0 Å². The fraction of sp³-hybridized carbons (Fsp3) is 0.0667. The molecule has 0 radical (unpaired) electrons. The van der Waals surface area contributed by atoms with Crippen molar-refractivity contribution in [2.75, 3.05) is 10.6 Å². The number of amides is 1. The number of carbonyl (C=O) groups is 1. The average Bonchev–Trinajstić information content (AvgIpc) is 2.90. The van der Waals surface area contributed by atoms with Crippen LogP contribution in [-0.4, -0.2) is 16.2 Å². The van der Waals surface area contributed by atoms with Gasteiger partial charge in [0.1, 0.15) is 5.52 Å². The number of rotatable bonds is 3. The van der Waals surface area contributed by atoms with Gasteiger partial charge in [-0.25, -0.2) is 4.98 Å². The number of halogens is 2. The Hall–Kier alpha value is -1.85. The number of nitrogens with one attached hydrogen (secondary N) is 1. The Morgan fingerprint density at radius 1 is 1.24 bits per heavy atom. The number of oxazole rings is 1. The Morgan fingerprint density at radius 3 is 2.71 bits per heavy atom. The van der Waals surface area contributed by atoms with Gasteiger partial charge in [-0.15, -0.1) is 0 Å². The predicted octanol–water partition coefficient (Wildman–Crippen LogP) is 4.48. The van der Waals surface area contributed by atoms with E-state index in [9.17, 15) is 4.79 Å². The van der Waals surface area contributed by atoms with Crippen LogP contribution in [0.1, 0.15) is 0 Å². The van der Waals surface area contributed by atoms with Gasteiger partial charge >= 0.3 is 0 Å². The number of fused-ring (bicyclic) bond motifs is 1. The van der Waals surface area contributed by atoms with Crippen molar-refractivity contribution in [2.45, 2.75) is 0 Å². The molecule has 0 aliphatic carbocycles. The Labute approximate surface area is 134 Å². The summed E-state index contributed by atoms with van der Waals surface area (Å²) < 4.78 is 5.69. The topological polar surface area (TPSA) is 55.1 Å². The van der Waals surface area contributed by atoms with Gasteiger partial charge in [-0.05, 0) is 42.5 Å². The molecule has 106 valence electrons. The van der Waals surface area contributed by atoms with E-state index in [0.717, 1.165) is 11.3 Å². The van der Waals surface area contributed by atoms with E-state index in [1.165, 1.54) is 0 Å². The van der Waals surface area contributed by atoms with Crippen molar-refractivity contribution in [1.29, 1.82) is 0 Å². The Bertz CT molecular complexity index is 799. The van der Waals surface area contributed by atoms with Gasteiger partial charge in [-0.2, -0.15) is 0 Å². The van der Waals surface area contributed by atoms with Gasteiger partial charge in [0, 0.05) is 16.3 Å². The van der Waals surface area contributed by atoms with Crippen LogP contribution in [0.2, 0.25) is 5.02 Å². The zero-order valence-corrected chi connectivity index (χ0v) is 13.1. The first-order valence-corrected chi connectivity index (χ1v) is 7.68. The maximum absolute atomic E-state index is 11.3. The summed E-state index contributed by atoms with van der Waals surface area (Å²) >= 11 is 9.03. The van der Waals surface area contributed by atoms with E-state index in [0.29, 0.717) is 22.0 Å². The zero-order chi connectivity index (χ0) is 14.8. The molecule has 0 bridgehead atoms. The summed E-state index contributed by atoms with van der Waals surface area (Å²) in [5.74, 6) is 0.421. The van der Waals surface area contributed by atoms with Crippen LogP contribution in [0.15, 0.2) is 46.9 Å². The molecule has 0 fully saturated rings. The fourth-order valence-corrected chi connectivity index (χ4v) is 2.22. The van der Waals surface area contributed by atoms with Crippen molar-refractivity contribution in [3.8, 4) is 11.5 Å². The first-order valence-electron chi connectivity index (χ1n) is 6.18. The summed E-state index contributed by atoms with van der Waals surface area (Å²) in [6.45, 7) is 0. The van der Waals surface area contributed by atoms with Crippen LogP contribution in [0, 0.1) is 0 Å². The van der Waals surface area contributed by atoms with Gasteiger partial charge in [-0.3, -0.25) is 4.79 Å². The molecule has 0 spiro atoms. The van der Waals surface area contributed by atoms with E-state index in [1.54, 1.807) is 30.3 Å². The number of aromatic nitrogens is 1. The molecule has 6 heteroatoms. The number of carbonyl (C=O) groups excluding carboxylic acids is 1. The van der Waals surface area contributed by atoms with E-state index in [1.807, 2.05) is 12.1 Å². The monoisotopic (exact) mass is 364 g/mol. The van der Waals surface area contributed by atoms with Crippen LogP contribution in [0.25, 0.3) is 22.6 Å². The highest BCUT2D eigenvalue weighted by atomic mass is 79.9. The predicted molar refractivity (Wildman–Crippen MR) is 86.9 cm³/mol. The molecule has 2 aromatic carbocycles. The molecule has 21 heavy (non-hydrogen) atoms. The van der Waals surface area contributed by atoms with Crippen LogP contribution in [-0.2, 0) is 4.79 Å². The number of anilines is 1. The molecule has 1 amide bonds. The summed E-state index contributed by atoms with van der Waals surface area (Å²) in [6.07, 6.45) is 0. The minimum absolute atomic E-state index is 0.0979. The molecule has 4 nitrogen and oxygen atoms in total.